The van der Waals surface area contributed by atoms with Gasteiger partial charge >= 0.3 is 12.1 Å². The van der Waals surface area contributed by atoms with E-state index in [0.717, 1.165) is 12.8 Å². The van der Waals surface area contributed by atoms with Crippen molar-refractivity contribution in [3.05, 3.63) is 27.3 Å². The van der Waals surface area contributed by atoms with Gasteiger partial charge < -0.3 is 24.2 Å². The number of hydrogen-bond donors (Lipinski definition) is 1. The zero-order valence-corrected chi connectivity index (χ0v) is 21.2. The van der Waals surface area contributed by atoms with Crippen LogP contribution in [0.15, 0.2) is 4.79 Å². The summed E-state index contributed by atoms with van der Waals surface area (Å²) in [4.78, 5) is 52.1. The number of aromatic nitrogens is 3. The van der Waals surface area contributed by atoms with Crippen molar-refractivity contribution in [1.82, 2.24) is 19.4 Å². The van der Waals surface area contributed by atoms with Gasteiger partial charge in [0.05, 0.1) is 23.1 Å². The highest BCUT2D eigenvalue weighted by atomic mass is 16.6. The van der Waals surface area contributed by atoms with Gasteiger partial charge in [0.1, 0.15) is 17.3 Å². The Labute approximate surface area is 203 Å². The van der Waals surface area contributed by atoms with Crippen LogP contribution in [0.2, 0.25) is 0 Å². The number of amides is 1. The minimum Gasteiger partial charge on any atom is -0.480 e. The van der Waals surface area contributed by atoms with Crippen molar-refractivity contribution < 1.29 is 19.4 Å². The summed E-state index contributed by atoms with van der Waals surface area (Å²) in [6.45, 7) is 12.0. The van der Waals surface area contributed by atoms with Crippen LogP contribution in [-0.2, 0) is 9.53 Å². The van der Waals surface area contributed by atoms with Crippen LogP contribution < -0.4 is 10.3 Å². The smallest absolute Gasteiger partial charge is 0.410 e. The first-order chi connectivity index (χ1) is 16.4. The number of carbonyl (C=O) groups is 2. The molecule has 10 nitrogen and oxygen atoms in total. The summed E-state index contributed by atoms with van der Waals surface area (Å²) in [5, 5.41) is 10.0. The maximum Gasteiger partial charge on any atom is 0.410 e. The molecular formula is C25H33N5O5. The maximum atomic E-state index is 13.9. The molecule has 10 heteroatoms. The summed E-state index contributed by atoms with van der Waals surface area (Å²) >= 11 is 0. The van der Waals surface area contributed by atoms with Gasteiger partial charge in [-0.3, -0.25) is 4.79 Å². The highest BCUT2D eigenvalue weighted by molar-refractivity contribution is 5.83. The average Bonchev–Trinajstić information content (AvgIpc) is 3.06. The van der Waals surface area contributed by atoms with E-state index in [1.165, 1.54) is 0 Å². The molecule has 0 unspecified atom stereocenters. The third kappa shape index (κ3) is 3.65. The number of carboxylic acids is 1. The van der Waals surface area contributed by atoms with Gasteiger partial charge in [-0.1, -0.05) is 6.92 Å². The molecule has 4 atom stereocenters. The molecule has 1 saturated carbocycles. The molecule has 5 rings (SSSR count). The third-order valence-electron chi connectivity index (χ3n) is 7.59. The maximum absolute atomic E-state index is 13.9. The van der Waals surface area contributed by atoms with Crippen LogP contribution in [0.5, 0.6) is 0 Å². The molecule has 4 heterocycles. The van der Waals surface area contributed by atoms with E-state index in [0.29, 0.717) is 47.9 Å². The SMILES string of the molecule is Cc1nc2c(=O)c(N3CCN(C(=O)OC(C)(C)C)[C@H]4CC[C@@H]43)c3n(c2nc1C)[C@@H](C(=O)O)C[C@H]3C. The van der Waals surface area contributed by atoms with Crippen molar-refractivity contribution >= 4 is 28.9 Å². The van der Waals surface area contributed by atoms with Crippen molar-refractivity contribution in [3.8, 4) is 0 Å². The van der Waals surface area contributed by atoms with E-state index in [4.69, 9.17) is 4.74 Å². The number of aryl methyl sites for hydroxylation is 2. The van der Waals surface area contributed by atoms with Gasteiger partial charge in [0, 0.05) is 25.0 Å². The van der Waals surface area contributed by atoms with Crippen LogP contribution in [-0.4, -0.2) is 67.4 Å². The van der Waals surface area contributed by atoms with Gasteiger partial charge in [-0.05, 0) is 53.9 Å². The molecule has 0 bridgehead atoms. The standard InChI is InChI=1S/C25H33N5O5/c1-12-11-17(23(32)33)30-19(12)20(21(31)18-22(30)27-14(3)13(2)26-18)28-9-10-29(16-8-7-15(16)28)24(34)35-25(4,5)6/h12,15-17H,7-11H2,1-6H3,(H,32,33)/t12-,15+,16+,17-/m1/s1. The van der Waals surface area contributed by atoms with E-state index in [1.54, 1.807) is 16.4 Å². The van der Waals surface area contributed by atoms with Crippen molar-refractivity contribution in [2.75, 3.05) is 18.0 Å². The second kappa shape index (κ2) is 7.93. The van der Waals surface area contributed by atoms with Gasteiger partial charge in [-0.2, -0.15) is 0 Å². The number of carboxylic acid groups (broad SMARTS) is 1. The first-order valence-corrected chi connectivity index (χ1v) is 12.3. The highest BCUT2D eigenvalue weighted by Crippen LogP contribution is 2.45. The number of pyridine rings is 1. The Morgan fingerprint density at radius 3 is 2.31 bits per heavy atom. The molecule has 2 aromatic heterocycles. The van der Waals surface area contributed by atoms with Crippen LogP contribution in [0.25, 0.3) is 11.2 Å². The summed E-state index contributed by atoms with van der Waals surface area (Å²) in [5.41, 5.74) is 2.30. The molecule has 0 aromatic carbocycles. The fraction of sp³-hybridized carbons (Fsp3) is 0.640. The predicted octanol–water partition coefficient (Wildman–Crippen LogP) is 3.13. The van der Waals surface area contributed by atoms with Gasteiger partial charge in [-0.15, -0.1) is 0 Å². The number of anilines is 1. The molecule has 0 spiro atoms. The number of rotatable bonds is 2. The molecule has 3 aliphatic rings. The van der Waals surface area contributed by atoms with Gasteiger partial charge in [0.15, 0.2) is 11.2 Å². The van der Waals surface area contributed by atoms with Crippen molar-refractivity contribution in [2.45, 2.75) is 90.4 Å². The van der Waals surface area contributed by atoms with E-state index in [-0.39, 0.29) is 35.0 Å². The number of piperazine rings is 1. The van der Waals surface area contributed by atoms with Gasteiger partial charge in [-0.25, -0.2) is 19.6 Å². The summed E-state index contributed by atoms with van der Waals surface area (Å²) in [6, 6.07) is -0.882. The normalized spacial score (nSPS) is 25.8. The molecule has 1 N–H and O–H groups in total. The summed E-state index contributed by atoms with van der Waals surface area (Å²) in [7, 11) is 0. The third-order valence-corrected chi connectivity index (χ3v) is 7.59. The Balaban J connectivity index is 1.63. The van der Waals surface area contributed by atoms with Crippen LogP contribution in [0.1, 0.15) is 76.0 Å². The van der Waals surface area contributed by atoms with E-state index in [9.17, 15) is 19.5 Å². The lowest BCUT2D eigenvalue weighted by Gasteiger charge is -2.54. The Hall–Kier alpha value is -3.17. The monoisotopic (exact) mass is 483 g/mol. The summed E-state index contributed by atoms with van der Waals surface area (Å²) in [5.74, 6) is -1.07. The van der Waals surface area contributed by atoms with Crippen molar-refractivity contribution in [1.29, 1.82) is 0 Å². The van der Waals surface area contributed by atoms with Gasteiger partial charge in [0.2, 0.25) is 5.43 Å². The predicted molar refractivity (Wildman–Crippen MR) is 130 cm³/mol. The first-order valence-electron chi connectivity index (χ1n) is 12.3. The van der Waals surface area contributed by atoms with E-state index in [2.05, 4.69) is 14.9 Å². The second-order valence-electron chi connectivity index (χ2n) is 11.1. The minimum absolute atomic E-state index is 0.0262. The van der Waals surface area contributed by atoms with Crippen LogP contribution in [0.4, 0.5) is 10.5 Å². The number of nitrogens with zero attached hydrogens (tertiary/aromatic N) is 5. The topological polar surface area (TPSA) is 118 Å². The second-order valence-corrected chi connectivity index (χ2v) is 11.1. The molecule has 0 radical (unpaired) electrons. The quantitative estimate of drug-likeness (QED) is 0.692. The molecule has 2 aromatic rings. The van der Waals surface area contributed by atoms with Crippen molar-refractivity contribution in [3.63, 3.8) is 0 Å². The van der Waals surface area contributed by atoms with Crippen LogP contribution in [0, 0.1) is 13.8 Å². The van der Waals surface area contributed by atoms with Crippen LogP contribution in [0.3, 0.4) is 0 Å². The number of aliphatic carboxylic acids is 1. The number of ether oxygens (including phenoxy) is 1. The average molecular weight is 484 g/mol. The Morgan fingerprint density at radius 1 is 1.06 bits per heavy atom. The molecule has 35 heavy (non-hydrogen) atoms. The largest absolute Gasteiger partial charge is 0.480 e. The minimum atomic E-state index is -0.942. The van der Waals surface area contributed by atoms with E-state index >= 15 is 0 Å². The highest BCUT2D eigenvalue weighted by Gasteiger charge is 2.49. The first kappa shape index (κ1) is 23.6. The lowest BCUT2D eigenvalue weighted by atomic mass is 9.81. The van der Waals surface area contributed by atoms with E-state index in [1.807, 2.05) is 34.6 Å². The number of carbonyl (C=O) groups excluding carboxylic acids is 1. The van der Waals surface area contributed by atoms with Gasteiger partial charge in [0.25, 0.3) is 0 Å². The van der Waals surface area contributed by atoms with E-state index < -0.39 is 17.6 Å². The number of fused-ring (bicyclic) bond motifs is 4. The summed E-state index contributed by atoms with van der Waals surface area (Å²) in [6.07, 6.45) is 1.74. The van der Waals surface area contributed by atoms with Crippen LogP contribution >= 0.6 is 0 Å². The lowest BCUT2D eigenvalue weighted by molar-refractivity contribution is -0.140. The fourth-order valence-corrected chi connectivity index (χ4v) is 5.76. The Morgan fingerprint density at radius 2 is 1.71 bits per heavy atom. The molecule has 1 amide bonds. The van der Waals surface area contributed by atoms with Crippen molar-refractivity contribution in [2.24, 2.45) is 0 Å². The molecule has 1 saturated heterocycles. The Kier molecular flexibility index (Phi) is 5.34. The fourth-order valence-electron chi connectivity index (χ4n) is 5.76. The molecule has 2 aliphatic heterocycles. The zero-order valence-electron chi connectivity index (χ0n) is 21.2. The molecule has 1 aliphatic carbocycles. The molecule has 2 fully saturated rings. The lowest BCUT2D eigenvalue weighted by Crippen LogP contribution is -2.67. The molecular weight excluding hydrogens is 450 g/mol. The Bertz CT molecular complexity index is 1300. The summed E-state index contributed by atoms with van der Waals surface area (Å²) < 4.78 is 7.36. The molecule has 188 valence electrons. The number of hydrogen-bond acceptors (Lipinski definition) is 7. The zero-order chi connectivity index (χ0) is 25.4.